The molecule has 1 heterocycles. The summed E-state index contributed by atoms with van der Waals surface area (Å²) >= 11 is 3.50. The van der Waals surface area contributed by atoms with E-state index in [1.54, 1.807) is 12.1 Å². The Bertz CT molecular complexity index is 427. The van der Waals surface area contributed by atoms with Crippen molar-refractivity contribution >= 4 is 15.9 Å². The van der Waals surface area contributed by atoms with Crippen molar-refractivity contribution in [3.8, 4) is 0 Å². The van der Waals surface area contributed by atoms with Gasteiger partial charge in [0.15, 0.2) is 0 Å². The van der Waals surface area contributed by atoms with E-state index in [-0.39, 0.29) is 5.82 Å². The normalized spacial score (nSPS) is 24.6. The SMILES string of the molecule is CCC1OCCC1C(Cc1cc(F)ccc1Br)NC. The summed E-state index contributed by atoms with van der Waals surface area (Å²) in [5.74, 6) is 0.327. The number of likely N-dealkylation sites (N-methyl/N-ethyl adjacent to an activating group) is 1. The first-order chi connectivity index (χ1) is 9.15. The largest absolute Gasteiger partial charge is 0.378 e. The van der Waals surface area contributed by atoms with Crippen LogP contribution in [0.15, 0.2) is 22.7 Å². The highest BCUT2D eigenvalue weighted by Gasteiger charge is 2.33. The Morgan fingerprint density at radius 2 is 2.32 bits per heavy atom. The molecule has 106 valence electrons. The Morgan fingerprint density at radius 3 is 3.00 bits per heavy atom. The van der Waals surface area contributed by atoms with Gasteiger partial charge in [-0.15, -0.1) is 0 Å². The Hall–Kier alpha value is -0.450. The number of halogens is 2. The zero-order valence-electron chi connectivity index (χ0n) is 11.5. The fourth-order valence-electron chi connectivity index (χ4n) is 2.95. The van der Waals surface area contributed by atoms with E-state index in [2.05, 4.69) is 28.2 Å². The van der Waals surface area contributed by atoms with Crippen LogP contribution in [-0.4, -0.2) is 25.8 Å². The fourth-order valence-corrected chi connectivity index (χ4v) is 3.36. The van der Waals surface area contributed by atoms with Crippen LogP contribution in [-0.2, 0) is 11.2 Å². The monoisotopic (exact) mass is 329 g/mol. The van der Waals surface area contributed by atoms with Crippen LogP contribution in [0.1, 0.15) is 25.3 Å². The van der Waals surface area contributed by atoms with Crippen molar-refractivity contribution in [1.82, 2.24) is 5.32 Å². The van der Waals surface area contributed by atoms with Crippen molar-refractivity contribution in [3.05, 3.63) is 34.1 Å². The average Bonchev–Trinajstić information content (AvgIpc) is 2.88. The minimum atomic E-state index is -0.178. The molecule has 1 aliphatic rings. The molecule has 0 radical (unpaired) electrons. The predicted octanol–water partition coefficient (Wildman–Crippen LogP) is 3.53. The number of hydrogen-bond donors (Lipinski definition) is 1. The average molecular weight is 330 g/mol. The number of ether oxygens (including phenoxy) is 1. The first-order valence-electron chi connectivity index (χ1n) is 6.88. The summed E-state index contributed by atoms with van der Waals surface area (Å²) in [5, 5.41) is 3.38. The zero-order chi connectivity index (χ0) is 13.8. The van der Waals surface area contributed by atoms with Crippen LogP contribution in [0.2, 0.25) is 0 Å². The van der Waals surface area contributed by atoms with Crippen LogP contribution in [0.4, 0.5) is 4.39 Å². The smallest absolute Gasteiger partial charge is 0.123 e. The molecule has 3 atom stereocenters. The Kier molecular flexibility index (Phi) is 5.37. The molecule has 3 unspecified atom stereocenters. The molecule has 19 heavy (non-hydrogen) atoms. The standard InChI is InChI=1S/C15H21BrFNO/c1-3-15-12(6-7-19-15)14(18-2)9-10-8-11(17)4-5-13(10)16/h4-5,8,12,14-15,18H,3,6-7,9H2,1-2H3. The Balaban J connectivity index is 2.12. The maximum atomic E-state index is 13.4. The lowest BCUT2D eigenvalue weighted by Gasteiger charge is -2.27. The molecule has 0 aliphatic carbocycles. The van der Waals surface area contributed by atoms with Crippen LogP contribution in [0.25, 0.3) is 0 Å². The quantitative estimate of drug-likeness (QED) is 0.892. The summed E-state index contributed by atoms with van der Waals surface area (Å²) in [7, 11) is 1.98. The highest BCUT2D eigenvalue weighted by Crippen LogP contribution is 2.29. The van der Waals surface area contributed by atoms with Crippen molar-refractivity contribution in [2.24, 2.45) is 5.92 Å². The lowest BCUT2D eigenvalue weighted by atomic mass is 9.87. The Morgan fingerprint density at radius 1 is 1.53 bits per heavy atom. The maximum absolute atomic E-state index is 13.4. The van der Waals surface area contributed by atoms with Gasteiger partial charge in [-0.2, -0.15) is 0 Å². The molecule has 2 rings (SSSR count). The zero-order valence-corrected chi connectivity index (χ0v) is 13.0. The van der Waals surface area contributed by atoms with Gasteiger partial charge in [0, 0.05) is 23.0 Å². The van der Waals surface area contributed by atoms with E-state index in [1.165, 1.54) is 6.07 Å². The summed E-state index contributed by atoms with van der Waals surface area (Å²) in [6.45, 7) is 3.00. The third kappa shape index (κ3) is 3.56. The number of nitrogens with one attached hydrogen (secondary N) is 1. The molecular formula is C15H21BrFNO. The number of benzene rings is 1. The molecule has 4 heteroatoms. The molecule has 1 N–H and O–H groups in total. The third-order valence-corrected chi connectivity index (χ3v) is 4.77. The van der Waals surface area contributed by atoms with E-state index in [9.17, 15) is 4.39 Å². The van der Waals surface area contributed by atoms with E-state index >= 15 is 0 Å². The predicted molar refractivity (Wildman–Crippen MR) is 78.8 cm³/mol. The summed E-state index contributed by atoms with van der Waals surface area (Å²) in [4.78, 5) is 0. The van der Waals surface area contributed by atoms with Crippen LogP contribution in [0.5, 0.6) is 0 Å². The molecule has 2 nitrogen and oxygen atoms in total. The van der Waals surface area contributed by atoms with Crippen molar-refractivity contribution in [1.29, 1.82) is 0 Å². The Labute approximate surface area is 122 Å². The molecule has 1 aromatic rings. The molecule has 0 bridgehead atoms. The summed E-state index contributed by atoms with van der Waals surface area (Å²) in [6, 6.07) is 5.20. The minimum Gasteiger partial charge on any atom is -0.378 e. The van der Waals surface area contributed by atoms with Gasteiger partial charge in [0.1, 0.15) is 5.82 Å². The van der Waals surface area contributed by atoms with E-state index in [0.717, 1.165) is 35.9 Å². The van der Waals surface area contributed by atoms with Crippen LogP contribution in [0.3, 0.4) is 0 Å². The summed E-state index contributed by atoms with van der Waals surface area (Å²) in [5.41, 5.74) is 1.01. The topological polar surface area (TPSA) is 21.3 Å². The molecule has 1 saturated heterocycles. The van der Waals surface area contributed by atoms with E-state index in [4.69, 9.17) is 4.74 Å². The van der Waals surface area contributed by atoms with Crippen molar-refractivity contribution in [3.63, 3.8) is 0 Å². The molecule has 0 aromatic heterocycles. The molecule has 1 aliphatic heterocycles. The summed E-state index contributed by atoms with van der Waals surface area (Å²) < 4.78 is 20.1. The van der Waals surface area contributed by atoms with E-state index < -0.39 is 0 Å². The van der Waals surface area contributed by atoms with E-state index in [0.29, 0.717) is 18.1 Å². The van der Waals surface area contributed by atoms with Gasteiger partial charge in [-0.1, -0.05) is 22.9 Å². The summed E-state index contributed by atoms with van der Waals surface area (Å²) in [6.07, 6.45) is 3.26. The molecule has 1 aromatic carbocycles. The van der Waals surface area contributed by atoms with Gasteiger partial charge < -0.3 is 10.1 Å². The second kappa shape index (κ2) is 6.82. The number of hydrogen-bond acceptors (Lipinski definition) is 2. The highest BCUT2D eigenvalue weighted by atomic mass is 79.9. The molecule has 0 saturated carbocycles. The second-order valence-corrected chi connectivity index (χ2v) is 5.96. The van der Waals surface area contributed by atoms with Crippen molar-refractivity contribution in [2.75, 3.05) is 13.7 Å². The van der Waals surface area contributed by atoms with Gasteiger partial charge in [-0.05, 0) is 50.1 Å². The van der Waals surface area contributed by atoms with Crippen molar-refractivity contribution < 1.29 is 9.13 Å². The lowest BCUT2D eigenvalue weighted by Crippen LogP contribution is -2.39. The van der Waals surface area contributed by atoms with Crippen LogP contribution >= 0.6 is 15.9 Å². The van der Waals surface area contributed by atoms with Gasteiger partial charge in [-0.3, -0.25) is 0 Å². The molecule has 0 spiro atoms. The second-order valence-electron chi connectivity index (χ2n) is 5.11. The fraction of sp³-hybridized carbons (Fsp3) is 0.600. The van der Waals surface area contributed by atoms with E-state index in [1.807, 2.05) is 7.05 Å². The van der Waals surface area contributed by atoms with Crippen molar-refractivity contribution in [2.45, 2.75) is 38.3 Å². The first-order valence-corrected chi connectivity index (χ1v) is 7.67. The number of rotatable bonds is 5. The molecular weight excluding hydrogens is 309 g/mol. The van der Waals surface area contributed by atoms with Gasteiger partial charge in [0.05, 0.1) is 6.10 Å². The third-order valence-electron chi connectivity index (χ3n) is 4.00. The van der Waals surface area contributed by atoms with Gasteiger partial charge in [0.25, 0.3) is 0 Å². The van der Waals surface area contributed by atoms with Crippen LogP contribution < -0.4 is 5.32 Å². The first kappa shape index (κ1) is 14.9. The lowest BCUT2D eigenvalue weighted by molar-refractivity contribution is 0.0783. The molecule has 0 amide bonds. The maximum Gasteiger partial charge on any atom is 0.123 e. The van der Waals surface area contributed by atoms with Gasteiger partial charge in [0.2, 0.25) is 0 Å². The van der Waals surface area contributed by atoms with Gasteiger partial charge >= 0.3 is 0 Å². The molecule has 1 fully saturated rings. The van der Waals surface area contributed by atoms with Gasteiger partial charge in [-0.25, -0.2) is 4.39 Å². The minimum absolute atomic E-state index is 0.178. The highest BCUT2D eigenvalue weighted by molar-refractivity contribution is 9.10. The van der Waals surface area contributed by atoms with Crippen LogP contribution in [0, 0.1) is 11.7 Å².